The molecule has 0 spiro atoms. The van der Waals surface area contributed by atoms with Gasteiger partial charge in [0.2, 0.25) is 0 Å². The molecule has 2 heterocycles. The van der Waals surface area contributed by atoms with E-state index in [4.69, 9.17) is 4.84 Å². The fourth-order valence-corrected chi connectivity index (χ4v) is 2.70. The molecule has 2 saturated heterocycles. The van der Waals surface area contributed by atoms with Crippen LogP contribution in [0, 0.1) is 5.41 Å². The number of piperazine rings is 1. The van der Waals surface area contributed by atoms with Gasteiger partial charge < -0.3 is 10.2 Å². The average molecular weight is 198 g/mol. The first-order valence-electron chi connectivity index (χ1n) is 5.11. The molecule has 2 aliphatic heterocycles. The Morgan fingerprint density at radius 1 is 1.57 bits per heavy atom. The van der Waals surface area contributed by atoms with Crippen molar-refractivity contribution < 1.29 is 9.63 Å². The average Bonchev–Trinajstić information content (AvgIpc) is 2.61. The first kappa shape index (κ1) is 9.93. The summed E-state index contributed by atoms with van der Waals surface area (Å²) in [5.41, 5.74) is 0.104. The van der Waals surface area contributed by atoms with Crippen LogP contribution in [0.5, 0.6) is 0 Å². The third-order valence-corrected chi connectivity index (χ3v) is 3.70. The topological polar surface area (TPSA) is 41.6 Å². The number of nitrogens with zero attached hydrogens (tertiary/aromatic N) is 1. The summed E-state index contributed by atoms with van der Waals surface area (Å²) in [4.78, 5) is 15.5. The molecule has 0 aromatic heterocycles. The van der Waals surface area contributed by atoms with Gasteiger partial charge in [0.25, 0.3) is 0 Å². The highest BCUT2D eigenvalue weighted by Crippen LogP contribution is 2.46. The predicted octanol–water partition coefficient (Wildman–Crippen LogP) is 0.537. The summed E-state index contributed by atoms with van der Waals surface area (Å²) in [6, 6.07) is 0.481. The Kier molecular flexibility index (Phi) is 2.08. The second-order valence-corrected chi connectivity index (χ2v) is 5.33. The first-order chi connectivity index (χ1) is 6.49. The molecule has 1 N–H and O–H groups in total. The van der Waals surface area contributed by atoms with Crippen molar-refractivity contribution >= 4 is 6.47 Å². The van der Waals surface area contributed by atoms with Gasteiger partial charge in [-0.3, -0.25) is 4.79 Å². The van der Waals surface area contributed by atoms with Gasteiger partial charge in [0.05, 0.1) is 12.1 Å². The van der Waals surface area contributed by atoms with Gasteiger partial charge in [-0.2, -0.15) is 0 Å². The Hall–Kier alpha value is -0.610. The zero-order valence-corrected chi connectivity index (χ0v) is 9.04. The van der Waals surface area contributed by atoms with Crippen molar-refractivity contribution in [2.24, 2.45) is 5.41 Å². The minimum Gasteiger partial charge on any atom is -0.370 e. The Labute approximate surface area is 84.6 Å². The van der Waals surface area contributed by atoms with Gasteiger partial charge in [0, 0.05) is 12.6 Å². The van der Waals surface area contributed by atoms with Crippen LogP contribution in [0.4, 0.5) is 0 Å². The number of rotatable bonds is 2. The molecule has 0 saturated carbocycles. The molecule has 0 amide bonds. The molecule has 2 rings (SSSR count). The first-order valence-corrected chi connectivity index (χ1v) is 5.11. The van der Waals surface area contributed by atoms with Crippen LogP contribution in [0.25, 0.3) is 0 Å². The summed E-state index contributed by atoms with van der Waals surface area (Å²) < 4.78 is 0. The maximum absolute atomic E-state index is 10.4. The van der Waals surface area contributed by atoms with Gasteiger partial charge in [0.1, 0.15) is 0 Å². The molecule has 2 atom stereocenters. The van der Waals surface area contributed by atoms with Crippen LogP contribution in [0.2, 0.25) is 0 Å². The van der Waals surface area contributed by atoms with E-state index in [0.717, 1.165) is 19.5 Å². The number of nitrogens with one attached hydrogen (secondary N) is 1. The van der Waals surface area contributed by atoms with E-state index in [2.05, 4.69) is 26.1 Å². The number of carbonyl (C=O) groups excluding carboxylic acids is 1. The number of hydrogen-bond acceptors (Lipinski definition) is 4. The molecule has 4 nitrogen and oxygen atoms in total. The van der Waals surface area contributed by atoms with E-state index >= 15 is 0 Å². The molecule has 2 aliphatic rings. The van der Waals surface area contributed by atoms with Crippen LogP contribution in [0.1, 0.15) is 27.2 Å². The molecular weight excluding hydrogens is 180 g/mol. The van der Waals surface area contributed by atoms with E-state index in [1.54, 1.807) is 0 Å². The van der Waals surface area contributed by atoms with Crippen LogP contribution in [0.15, 0.2) is 0 Å². The normalized spacial score (nSPS) is 37.5. The lowest BCUT2D eigenvalue weighted by Crippen LogP contribution is -2.59. The standard InChI is InChI=1S/C10H18N2O2/c1-9(2,3)10-4-8(11-6-10)5-12(10)14-7-13/h7-8,11H,4-6H2,1-3H3/t8-,10+/m0/s1. The molecular formula is C10H18N2O2. The van der Waals surface area contributed by atoms with Crippen LogP contribution in [-0.4, -0.2) is 36.2 Å². The second-order valence-electron chi connectivity index (χ2n) is 5.33. The molecule has 4 heteroatoms. The smallest absolute Gasteiger partial charge is 0.313 e. The van der Waals surface area contributed by atoms with E-state index in [1.165, 1.54) is 0 Å². The third kappa shape index (κ3) is 1.17. The van der Waals surface area contributed by atoms with Gasteiger partial charge in [0.15, 0.2) is 0 Å². The highest BCUT2D eigenvalue weighted by atomic mass is 16.7. The largest absolute Gasteiger partial charge is 0.370 e. The van der Waals surface area contributed by atoms with Crippen molar-refractivity contribution in [1.29, 1.82) is 0 Å². The zero-order valence-electron chi connectivity index (χ0n) is 9.04. The Bertz CT molecular complexity index is 249. The lowest BCUT2D eigenvalue weighted by atomic mass is 9.73. The summed E-state index contributed by atoms with van der Waals surface area (Å²) in [7, 11) is 0. The fraction of sp³-hybridized carbons (Fsp3) is 0.900. The highest BCUT2D eigenvalue weighted by Gasteiger charge is 2.58. The Morgan fingerprint density at radius 3 is 2.79 bits per heavy atom. The van der Waals surface area contributed by atoms with Gasteiger partial charge in [-0.05, 0) is 11.8 Å². The highest BCUT2D eigenvalue weighted by molar-refractivity contribution is 5.37. The van der Waals surface area contributed by atoms with Crippen molar-refractivity contribution in [2.75, 3.05) is 13.1 Å². The summed E-state index contributed by atoms with van der Waals surface area (Å²) in [6.45, 7) is 8.86. The zero-order chi connectivity index (χ0) is 10.4. The maximum atomic E-state index is 10.4. The molecule has 0 aromatic rings. The van der Waals surface area contributed by atoms with E-state index in [1.807, 2.05) is 5.06 Å². The number of fused-ring (bicyclic) bond motifs is 2. The lowest BCUT2D eigenvalue weighted by Gasteiger charge is -2.45. The summed E-state index contributed by atoms with van der Waals surface area (Å²) in [5, 5.41) is 5.32. The van der Waals surface area contributed by atoms with Gasteiger partial charge in [-0.15, -0.1) is 5.06 Å². The molecule has 2 fully saturated rings. The lowest BCUT2D eigenvalue weighted by molar-refractivity contribution is -0.215. The van der Waals surface area contributed by atoms with Gasteiger partial charge in [-0.25, -0.2) is 0 Å². The number of hydrogen-bond donors (Lipinski definition) is 1. The summed E-state index contributed by atoms with van der Waals surface area (Å²) in [6.07, 6.45) is 1.07. The summed E-state index contributed by atoms with van der Waals surface area (Å²) in [5.74, 6) is 0. The minimum atomic E-state index is -0.0153. The van der Waals surface area contributed by atoms with Crippen molar-refractivity contribution in [3.63, 3.8) is 0 Å². The Balaban J connectivity index is 2.25. The second kappa shape index (κ2) is 2.94. The predicted molar refractivity (Wildman–Crippen MR) is 52.4 cm³/mol. The van der Waals surface area contributed by atoms with Crippen LogP contribution >= 0.6 is 0 Å². The van der Waals surface area contributed by atoms with Crippen molar-refractivity contribution in [2.45, 2.75) is 38.8 Å². The monoisotopic (exact) mass is 198 g/mol. The van der Waals surface area contributed by atoms with Crippen LogP contribution < -0.4 is 5.32 Å². The molecule has 2 bridgehead atoms. The Morgan fingerprint density at radius 2 is 2.29 bits per heavy atom. The van der Waals surface area contributed by atoms with E-state index in [-0.39, 0.29) is 11.0 Å². The van der Waals surface area contributed by atoms with Crippen LogP contribution in [-0.2, 0) is 9.63 Å². The van der Waals surface area contributed by atoms with Crippen molar-refractivity contribution in [3.05, 3.63) is 0 Å². The molecule has 0 radical (unpaired) electrons. The SMILES string of the molecule is CC(C)(C)[C@@]12CN[C@H](CN1OC=O)C2. The van der Waals surface area contributed by atoms with Crippen LogP contribution in [0.3, 0.4) is 0 Å². The molecule has 0 aromatic carbocycles. The minimum absolute atomic E-state index is 0.0153. The fourth-order valence-electron chi connectivity index (χ4n) is 2.70. The molecule has 80 valence electrons. The van der Waals surface area contributed by atoms with E-state index in [9.17, 15) is 4.79 Å². The van der Waals surface area contributed by atoms with E-state index in [0.29, 0.717) is 12.5 Å². The van der Waals surface area contributed by atoms with Gasteiger partial charge >= 0.3 is 6.47 Å². The van der Waals surface area contributed by atoms with Crippen molar-refractivity contribution in [1.82, 2.24) is 10.4 Å². The molecule has 14 heavy (non-hydrogen) atoms. The van der Waals surface area contributed by atoms with Gasteiger partial charge in [-0.1, -0.05) is 20.8 Å². The van der Waals surface area contributed by atoms with Crippen molar-refractivity contribution in [3.8, 4) is 0 Å². The summed E-state index contributed by atoms with van der Waals surface area (Å²) >= 11 is 0. The third-order valence-electron chi connectivity index (χ3n) is 3.70. The van der Waals surface area contributed by atoms with E-state index < -0.39 is 0 Å². The quantitative estimate of drug-likeness (QED) is 0.657. The molecule has 0 unspecified atom stereocenters. The number of carbonyl (C=O) groups is 1. The number of hydroxylamine groups is 2. The molecule has 0 aliphatic carbocycles. The maximum Gasteiger partial charge on any atom is 0.313 e.